The first-order chi connectivity index (χ1) is 10.6. The second kappa shape index (κ2) is 6.07. The summed E-state index contributed by atoms with van der Waals surface area (Å²) >= 11 is 0. The molecule has 0 radical (unpaired) electrons. The minimum atomic E-state index is -4.90. The molecule has 1 fully saturated rings. The molecule has 1 aliphatic rings. The van der Waals surface area contributed by atoms with E-state index >= 15 is 0 Å². The maximum Gasteiger partial charge on any atom is 0.417 e. The van der Waals surface area contributed by atoms with Crippen LogP contribution in [0.4, 0.5) is 29.3 Å². The lowest BCUT2D eigenvalue weighted by Gasteiger charge is -2.25. The van der Waals surface area contributed by atoms with Gasteiger partial charge in [0.05, 0.1) is 6.42 Å². The predicted molar refractivity (Wildman–Crippen MR) is 77.1 cm³/mol. The second-order valence-corrected chi connectivity index (χ2v) is 5.43. The maximum atomic E-state index is 12.6. The van der Waals surface area contributed by atoms with Crippen LogP contribution in [0.15, 0.2) is 24.3 Å². The van der Waals surface area contributed by atoms with Gasteiger partial charge in [0, 0.05) is 24.5 Å². The lowest BCUT2D eigenvalue weighted by atomic mass is 10.0. The van der Waals surface area contributed by atoms with Gasteiger partial charge in [-0.25, -0.2) is 4.79 Å². The number of aliphatic hydroxyl groups is 1. The monoisotopic (exact) mass is 331 g/mol. The molecule has 1 unspecified atom stereocenters. The van der Waals surface area contributed by atoms with Crippen LogP contribution in [0.5, 0.6) is 0 Å². The van der Waals surface area contributed by atoms with Gasteiger partial charge in [-0.3, -0.25) is 9.69 Å². The number of nitrogens with zero attached hydrogens (tertiary/aromatic N) is 1. The average Bonchev–Trinajstić information content (AvgIpc) is 2.83. The van der Waals surface area contributed by atoms with Crippen molar-refractivity contribution >= 4 is 23.3 Å². The molecule has 0 aliphatic carbocycles. The third-order valence-electron chi connectivity index (χ3n) is 3.41. The Morgan fingerprint density at radius 3 is 2.70 bits per heavy atom. The third kappa shape index (κ3) is 3.92. The van der Waals surface area contributed by atoms with E-state index in [1.165, 1.54) is 17.0 Å². The molecule has 1 aromatic rings. The number of carbonyl (C=O) groups is 2. The minimum Gasteiger partial charge on any atom is -0.380 e. The van der Waals surface area contributed by atoms with Crippen molar-refractivity contribution in [1.82, 2.24) is 5.32 Å². The molecular weight excluding hydrogens is 315 g/mol. The first kappa shape index (κ1) is 17.1. The zero-order valence-corrected chi connectivity index (χ0v) is 12.3. The van der Waals surface area contributed by atoms with Gasteiger partial charge in [-0.2, -0.15) is 13.2 Å². The summed E-state index contributed by atoms with van der Waals surface area (Å²) in [4.78, 5) is 24.7. The molecular formula is C14H16F3N3O3. The van der Waals surface area contributed by atoms with Crippen molar-refractivity contribution in [1.29, 1.82) is 0 Å². The fourth-order valence-electron chi connectivity index (χ4n) is 2.09. The van der Waals surface area contributed by atoms with E-state index in [2.05, 4.69) is 10.6 Å². The Labute approximate surface area is 130 Å². The van der Waals surface area contributed by atoms with Crippen molar-refractivity contribution < 1.29 is 27.9 Å². The van der Waals surface area contributed by atoms with Gasteiger partial charge in [-0.15, -0.1) is 0 Å². The molecule has 1 saturated heterocycles. The number of amides is 3. The van der Waals surface area contributed by atoms with E-state index in [1.54, 1.807) is 12.1 Å². The Morgan fingerprint density at radius 2 is 2.13 bits per heavy atom. The molecule has 1 heterocycles. The Kier molecular flexibility index (Phi) is 4.51. The molecule has 2 rings (SSSR count). The zero-order chi connectivity index (χ0) is 17.3. The number of halogens is 3. The van der Waals surface area contributed by atoms with Crippen LogP contribution < -0.4 is 15.5 Å². The summed E-state index contributed by atoms with van der Waals surface area (Å²) in [6.45, 7) is 1.49. The molecule has 1 aromatic carbocycles. The first-order valence-corrected chi connectivity index (χ1v) is 6.84. The Bertz CT molecular complexity index is 617. The van der Waals surface area contributed by atoms with Crippen molar-refractivity contribution in [3.63, 3.8) is 0 Å². The van der Waals surface area contributed by atoms with Crippen LogP contribution in [-0.2, 0) is 4.79 Å². The van der Waals surface area contributed by atoms with E-state index < -0.39 is 24.1 Å². The van der Waals surface area contributed by atoms with Gasteiger partial charge in [-0.05, 0) is 25.1 Å². The lowest BCUT2D eigenvalue weighted by Crippen LogP contribution is -2.44. The van der Waals surface area contributed by atoms with Gasteiger partial charge >= 0.3 is 12.2 Å². The third-order valence-corrected chi connectivity index (χ3v) is 3.41. The van der Waals surface area contributed by atoms with Crippen molar-refractivity contribution in [2.24, 2.45) is 0 Å². The van der Waals surface area contributed by atoms with Crippen LogP contribution in [0.25, 0.3) is 0 Å². The van der Waals surface area contributed by atoms with Gasteiger partial charge in [-0.1, -0.05) is 6.07 Å². The number of nitrogens with one attached hydrogen (secondary N) is 2. The predicted octanol–water partition coefficient (Wildman–Crippen LogP) is 1.86. The van der Waals surface area contributed by atoms with Gasteiger partial charge in [0.2, 0.25) is 5.91 Å². The van der Waals surface area contributed by atoms with Crippen molar-refractivity contribution in [3.8, 4) is 0 Å². The molecule has 1 aliphatic heterocycles. The highest BCUT2D eigenvalue weighted by molar-refractivity contribution is 5.96. The summed E-state index contributed by atoms with van der Waals surface area (Å²) in [7, 11) is 0. The number of anilines is 2. The van der Waals surface area contributed by atoms with Gasteiger partial charge in [0.1, 0.15) is 0 Å². The number of urea groups is 1. The zero-order valence-electron chi connectivity index (χ0n) is 12.3. The summed E-state index contributed by atoms with van der Waals surface area (Å²) in [5, 5.41) is 14.2. The second-order valence-electron chi connectivity index (χ2n) is 5.43. The molecule has 6 nitrogen and oxygen atoms in total. The summed E-state index contributed by atoms with van der Waals surface area (Å²) in [5.41, 5.74) is -2.35. The topological polar surface area (TPSA) is 81.7 Å². The van der Waals surface area contributed by atoms with Crippen LogP contribution in [0.1, 0.15) is 13.3 Å². The SMILES string of the molecule is CC(O)(CC(=O)Nc1cccc(N2CCNC2=O)c1)C(F)(F)F. The summed E-state index contributed by atoms with van der Waals surface area (Å²) in [6.07, 6.45) is -6.02. The highest BCUT2D eigenvalue weighted by Crippen LogP contribution is 2.33. The van der Waals surface area contributed by atoms with Crippen LogP contribution in [0, 0.1) is 0 Å². The van der Waals surface area contributed by atoms with E-state index in [1.807, 2.05) is 0 Å². The molecule has 3 amide bonds. The van der Waals surface area contributed by atoms with E-state index in [0.717, 1.165) is 0 Å². The summed E-state index contributed by atoms with van der Waals surface area (Å²) < 4.78 is 37.7. The van der Waals surface area contributed by atoms with E-state index in [-0.39, 0.29) is 11.7 Å². The van der Waals surface area contributed by atoms with Gasteiger partial charge in [0.15, 0.2) is 5.60 Å². The van der Waals surface area contributed by atoms with E-state index in [0.29, 0.717) is 25.7 Å². The highest BCUT2D eigenvalue weighted by Gasteiger charge is 2.50. The molecule has 126 valence electrons. The molecule has 9 heteroatoms. The van der Waals surface area contributed by atoms with Gasteiger partial charge < -0.3 is 15.7 Å². The molecule has 0 spiro atoms. The summed E-state index contributed by atoms with van der Waals surface area (Å²) in [5.74, 6) is -0.977. The quantitative estimate of drug-likeness (QED) is 0.788. The van der Waals surface area contributed by atoms with Crippen molar-refractivity contribution in [3.05, 3.63) is 24.3 Å². The number of alkyl halides is 3. The minimum absolute atomic E-state index is 0.241. The largest absolute Gasteiger partial charge is 0.417 e. The fourth-order valence-corrected chi connectivity index (χ4v) is 2.09. The molecule has 1 atom stereocenters. The maximum absolute atomic E-state index is 12.6. The molecule has 0 saturated carbocycles. The summed E-state index contributed by atoms with van der Waals surface area (Å²) in [6, 6.07) is 5.89. The van der Waals surface area contributed by atoms with Crippen LogP contribution >= 0.6 is 0 Å². The number of benzene rings is 1. The van der Waals surface area contributed by atoms with Crippen molar-refractivity contribution in [2.45, 2.75) is 25.1 Å². The Balaban J connectivity index is 2.06. The fraction of sp³-hybridized carbons (Fsp3) is 0.429. The Hall–Kier alpha value is -2.29. The number of carbonyl (C=O) groups excluding carboxylic acids is 2. The normalized spacial score (nSPS) is 17.6. The highest BCUT2D eigenvalue weighted by atomic mass is 19.4. The van der Waals surface area contributed by atoms with Crippen LogP contribution in [0.2, 0.25) is 0 Å². The van der Waals surface area contributed by atoms with E-state index in [9.17, 15) is 27.9 Å². The average molecular weight is 331 g/mol. The number of hydrogen-bond donors (Lipinski definition) is 3. The van der Waals surface area contributed by atoms with E-state index in [4.69, 9.17) is 0 Å². The van der Waals surface area contributed by atoms with Gasteiger partial charge in [0.25, 0.3) is 0 Å². The first-order valence-electron chi connectivity index (χ1n) is 6.84. The molecule has 0 aromatic heterocycles. The Morgan fingerprint density at radius 1 is 1.43 bits per heavy atom. The molecule has 23 heavy (non-hydrogen) atoms. The van der Waals surface area contributed by atoms with Crippen LogP contribution in [-0.4, -0.2) is 41.9 Å². The van der Waals surface area contributed by atoms with Crippen molar-refractivity contribution in [2.75, 3.05) is 23.3 Å². The molecule has 3 N–H and O–H groups in total. The molecule has 0 bridgehead atoms. The standard InChI is InChI=1S/C14H16F3N3O3/c1-13(23,14(15,16)17)8-11(21)19-9-3-2-4-10(7-9)20-6-5-18-12(20)22/h2-4,7,23H,5-6,8H2,1H3,(H,18,22)(H,19,21). The number of rotatable bonds is 4. The number of hydrogen-bond acceptors (Lipinski definition) is 3. The lowest BCUT2D eigenvalue weighted by molar-refractivity contribution is -0.252. The smallest absolute Gasteiger partial charge is 0.380 e. The van der Waals surface area contributed by atoms with Crippen LogP contribution in [0.3, 0.4) is 0 Å².